The van der Waals surface area contributed by atoms with Crippen molar-refractivity contribution in [1.82, 2.24) is 9.97 Å². The molecule has 2 heterocycles. The van der Waals surface area contributed by atoms with E-state index in [1.54, 1.807) is 43.3 Å². The first-order chi connectivity index (χ1) is 15.3. The molecule has 0 unspecified atom stereocenters. The SMILES string of the molecule is CC(C)S(=O)(=O)c1ccc(C(=O)N(Cc2ccncc2)c2nc3ccc(Br)cc3s2)cc1. The Morgan fingerprint density at radius 2 is 1.75 bits per heavy atom. The van der Waals surface area contributed by atoms with Gasteiger partial charge in [-0.25, -0.2) is 13.4 Å². The normalized spacial score (nSPS) is 11.8. The van der Waals surface area contributed by atoms with E-state index in [0.717, 1.165) is 20.3 Å². The predicted octanol–water partition coefficient (Wildman–Crippen LogP) is 5.48. The van der Waals surface area contributed by atoms with Gasteiger partial charge in [0.2, 0.25) is 0 Å². The lowest BCUT2D eigenvalue weighted by molar-refractivity contribution is 0.0985. The van der Waals surface area contributed by atoms with Gasteiger partial charge in [-0.15, -0.1) is 0 Å². The minimum Gasteiger partial charge on any atom is -0.279 e. The molecular formula is C23H20BrN3O3S2. The number of rotatable bonds is 6. The minimum absolute atomic E-state index is 0.203. The van der Waals surface area contributed by atoms with Gasteiger partial charge in [0, 0.05) is 22.4 Å². The zero-order chi connectivity index (χ0) is 22.9. The molecule has 164 valence electrons. The van der Waals surface area contributed by atoms with Crippen LogP contribution in [0.5, 0.6) is 0 Å². The Morgan fingerprint density at radius 1 is 1.06 bits per heavy atom. The van der Waals surface area contributed by atoms with E-state index in [4.69, 9.17) is 0 Å². The summed E-state index contributed by atoms with van der Waals surface area (Å²) < 4.78 is 26.7. The molecule has 2 aromatic heterocycles. The van der Waals surface area contributed by atoms with Crippen LogP contribution in [0.2, 0.25) is 0 Å². The number of anilines is 1. The number of halogens is 1. The monoisotopic (exact) mass is 529 g/mol. The number of nitrogens with zero attached hydrogens (tertiary/aromatic N) is 3. The van der Waals surface area contributed by atoms with Crippen LogP contribution in [0.15, 0.2) is 76.4 Å². The Balaban J connectivity index is 1.73. The summed E-state index contributed by atoms with van der Waals surface area (Å²) in [6.07, 6.45) is 3.36. The number of benzene rings is 2. The van der Waals surface area contributed by atoms with Gasteiger partial charge in [0.05, 0.1) is 26.9 Å². The summed E-state index contributed by atoms with van der Waals surface area (Å²) in [7, 11) is -3.41. The lowest BCUT2D eigenvalue weighted by Gasteiger charge is -2.20. The van der Waals surface area contributed by atoms with Crippen molar-refractivity contribution in [2.45, 2.75) is 30.5 Å². The highest BCUT2D eigenvalue weighted by molar-refractivity contribution is 9.10. The number of hydrogen-bond acceptors (Lipinski definition) is 6. The first-order valence-electron chi connectivity index (χ1n) is 9.86. The van der Waals surface area contributed by atoms with Crippen LogP contribution in [0.1, 0.15) is 29.8 Å². The molecule has 6 nitrogen and oxygen atoms in total. The average molecular weight is 530 g/mol. The Kier molecular flexibility index (Phi) is 6.41. The van der Waals surface area contributed by atoms with Gasteiger partial charge in [0.1, 0.15) is 0 Å². The van der Waals surface area contributed by atoms with Gasteiger partial charge in [0.15, 0.2) is 15.0 Å². The first-order valence-corrected chi connectivity index (χ1v) is 13.0. The summed E-state index contributed by atoms with van der Waals surface area (Å²) in [5.41, 5.74) is 2.11. The fourth-order valence-electron chi connectivity index (χ4n) is 3.11. The Labute approximate surface area is 199 Å². The number of sulfone groups is 1. The van der Waals surface area contributed by atoms with Crippen LogP contribution in [-0.4, -0.2) is 29.5 Å². The van der Waals surface area contributed by atoms with Crippen molar-refractivity contribution in [3.63, 3.8) is 0 Å². The van der Waals surface area contributed by atoms with E-state index in [0.29, 0.717) is 17.2 Å². The van der Waals surface area contributed by atoms with Crippen molar-refractivity contribution in [1.29, 1.82) is 0 Å². The third-order valence-corrected chi connectivity index (χ3v) is 8.66. The summed E-state index contributed by atoms with van der Waals surface area (Å²) in [6, 6.07) is 15.6. The number of carbonyl (C=O) groups excluding carboxylic acids is 1. The molecule has 0 spiro atoms. The molecule has 0 aliphatic carbocycles. The maximum absolute atomic E-state index is 13.5. The number of pyridine rings is 1. The summed E-state index contributed by atoms with van der Waals surface area (Å²) in [5, 5.41) is 0.0353. The van der Waals surface area contributed by atoms with E-state index in [2.05, 4.69) is 25.9 Å². The Hall–Kier alpha value is -2.62. The summed E-state index contributed by atoms with van der Waals surface area (Å²) in [4.78, 5) is 24.0. The molecule has 4 rings (SSSR count). The Morgan fingerprint density at radius 3 is 2.41 bits per heavy atom. The maximum atomic E-state index is 13.5. The molecular weight excluding hydrogens is 510 g/mol. The van der Waals surface area contributed by atoms with Gasteiger partial charge in [-0.1, -0.05) is 27.3 Å². The van der Waals surface area contributed by atoms with Crippen LogP contribution in [0.4, 0.5) is 5.13 Å². The topological polar surface area (TPSA) is 80.2 Å². The molecule has 9 heteroatoms. The zero-order valence-corrected chi connectivity index (χ0v) is 20.6. The number of thiazole rings is 1. The third kappa shape index (κ3) is 4.60. The number of hydrogen-bond donors (Lipinski definition) is 0. The standard InChI is InChI=1S/C23H20BrN3O3S2/c1-15(2)32(29,30)19-6-3-17(4-7-19)22(28)27(14-16-9-11-25-12-10-16)23-26-20-8-5-18(24)13-21(20)31-23/h3-13,15H,14H2,1-2H3. The summed E-state index contributed by atoms with van der Waals surface area (Å²) >= 11 is 4.90. The lowest BCUT2D eigenvalue weighted by atomic mass is 10.2. The number of fused-ring (bicyclic) bond motifs is 1. The second kappa shape index (κ2) is 9.09. The van der Waals surface area contributed by atoms with Crippen molar-refractivity contribution >= 4 is 58.4 Å². The highest BCUT2D eigenvalue weighted by atomic mass is 79.9. The van der Waals surface area contributed by atoms with Crippen LogP contribution < -0.4 is 4.90 Å². The third-order valence-electron chi connectivity index (χ3n) is 4.96. The molecule has 4 aromatic rings. The van der Waals surface area contributed by atoms with Gasteiger partial charge >= 0.3 is 0 Å². The van der Waals surface area contributed by atoms with E-state index in [-0.39, 0.29) is 10.8 Å². The van der Waals surface area contributed by atoms with Crippen LogP contribution in [0, 0.1) is 0 Å². The lowest BCUT2D eigenvalue weighted by Crippen LogP contribution is -2.30. The van der Waals surface area contributed by atoms with Crippen LogP contribution in [0.25, 0.3) is 10.2 Å². The second-order valence-corrected chi connectivity index (χ2v) is 11.9. The number of carbonyl (C=O) groups is 1. The molecule has 2 aromatic carbocycles. The van der Waals surface area contributed by atoms with E-state index in [1.807, 2.05) is 30.3 Å². The van der Waals surface area contributed by atoms with Crippen molar-refractivity contribution in [3.8, 4) is 0 Å². The average Bonchev–Trinajstić information content (AvgIpc) is 3.20. The largest absolute Gasteiger partial charge is 0.279 e. The fraction of sp³-hybridized carbons (Fsp3) is 0.174. The summed E-state index contributed by atoms with van der Waals surface area (Å²) in [6.45, 7) is 3.58. The smallest absolute Gasteiger partial charge is 0.260 e. The molecule has 0 radical (unpaired) electrons. The van der Waals surface area contributed by atoms with Gasteiger partial charge in [-0.05, 0) is 74.0 Å². The Bertz CT molecular complexity index is 1370. The van der Waals surface area contributed by atoms with Crippen LogP contribution in [0.3, 0.4) is 0 Å². The van der Waals surface area contributed by atoms with Crippen molar-refractivity contribution in [2.75, 3.05) is 4.90 Å². The van der Waals surface area contributed by atoms with Crippen molar-refractivity contribution < 1.29 is 13.2 Å². The maximum Gasteiger partial charge on any atom is 0.260 e. The second-order valence-electron chi connectivity index (χ2n) is 7.47. The molecule has 0 atom stereocenters. The number of aromatic nitrogens is 2. The van der Waals surface area contributed by atoms with E-state index < -0.39 is 15.1 Å². The molecule has 0 bridgehead atoms. The molecule has 0 N–H and O–H groups in total. The molecule has 1 amide bonds. The van der Waals surface area contributed by atoms with Crippen LogP contribution >= 0.6 is 27.3 Å². The van der Waals surface area contributed by atoms with Crippen molar-refractivity contribution in [2.24, 2.45) is 0 Å². The van der Waals surface area contributed by atoms with E-state index in [9.17, 15) is 13.2 Å². The van der Waals surface area contributed by atoms with Gasteiger partial charge in [-0.3, -0.25) is 14.7 Å². The molecule has 0 saturated carbocycles. The van der Waals surface area contributed by atoms with Crippen molar-refractivity contribution in [3.05, 3.63) is 82.6 Å². The van der Waals surface area contributed by atoms with Gasteiger partial charge in [-0.2, -0.15) is 0 Å². The molecule has 0 fully saturated rings. The highest BCUT2D eigenvalue weighted by Crippen LogP contribution is 2.32. The first kappa shape index (κ1) is 22.6. The van der Waals surface area contributed by atoms with Gasteiger partial charge < -0.3 is 0 Å². The molecule has 0 aliphatic heterocycles. The van der Waals surface area contributed by atoms with E-state index >= 15 is 0 Å². The molecule has 0 saturated heterocycles. The molecule has 0 aliphatic rings. The fourth-order valence-corrected chi connectivity index (χ4v) is 5.69. The molecule has 32 heavy (non-hydrogen) atoms. The zero-order valence-electron chi connectivity index (χ0n) is 17.4. The quantitative estimate of drug-likeness (QED) is 0.330. The minimum atomic E-state index is -3.41. The van der Waals surface area contributed by atoms with E-state index in [1.165, 1.54) is 23.5 Å². The van der Waals surface area contributed by atoms with Gasteiger partial charge in [0.25, 0.3) is 5.91 Å². The predicted molar refractivity (Wildman–Crippen MR) is 131 cm³/mol. The summed E-state index contributed by atoms with van der Waals surface area (Å²) in [5.74, 6) is -0.256. The highest BCUT2D eigenvalue weighted by Gasteiger charge is 2.24. The van der Waals surface area contributed by atoms with Crippen LogP contribution in [-0.2, 0) is 16.4 Å². The number of amides is 1.